The van der Waals surface area contributed by atoms with Crippen LogP contribution in [-0.4, -0.2) is 23.7 Å². The highest BCUT2D eigenvalue weighted by Crippen LogP contribution is 2.19. The Kier molecular flexibility index (Phi) is 5.59. The summed E-state index contributed by atoms with van der Waals surface area (Å²) in [5.74, 6) is -0.591. The highest BCUT2D eigenvalue weighted by molar-refractivity contribution is 6.30. The van der Waals surface area contributed by atoms with Crippen molar-refractivity contribution in [2.24, 2.45) is 0 Å². The first kappa shape index (κ1) is 15.8. The second-order valence-electron chi connectivity index (χ2n) is 5.03. The molecule has 1 aliphatic rings. The Labute approximate surface area is 128 Å². The van der Waals surface area contributed by atoms with Crippen LogP contribution in [0.3, 0.4) is 0 Å². The van der Waals surface area contributed by atoms with Gasteiger partial charge >= 0.3 is 6.03 Å². The molecule has 0 aliphatic heterocycles. The molecule has 1 aliphatic carbocycles. The Morgan fingerprint density at radius 3 is 2.95 bits per heavy atom. The minimum absolute atomic E-state index is 0.00186. The van der Waals surface area contributed by atoms with Crippen molar-refractivity contribution >= 4 is 17.6 Å². The monoisotopic (exact) mass is 312 g/mol. The molecule has 1 aromatic carbocycles. The maximum atomic E-state index is 13.3. The van der Waals surface area contributed by atoms with E-state index in [4.69, 9.17) is 11.6 Å². The molecule has 2 rings (SSSR count). The number of urea groups is 1. The van der Waals surface area contributed by atoms with Crippen LogP contribution >= 0.6 is 11.6 Å². The number of halogens is 2. The smallest absolute Gasteiger partial charge is 0.315 e. The van der Waals surface area contributed by atoms with Crippen LogP contribution in [0.25, 0.3) is 0 Å². The maximum Gasteiger partial charge on any atom is 0.315 e. The van der Waals surface area contributed by atoms with Crippen molar-refractivity contribution < 1.29 is 14.3 Å². The molecule has 3 N–H and O–H groups in total. The van der Waals surface area contributed by atoms with E-state index in [0.717, 1.165) is 19.3 Å². The standard InChI is InChI=1S/C15H18ClFN2O2/c16-12-7-6-10(8-13(12)17)14(20)9-18-15(21)19-11-4-2-1-3-5-11/h1-2,6-8,11,14,20H,3-5,9H2,(H2,18,19,21)/t11-,14+/m0/s1. The van der Waals surface area contributed by atoms with Gasteiger partial charge < -0.3 is 15.7 Å². The zero-order valence-corrected chi connectivity index (χ0v) is 12.2. The van der Waals surface area contributed by atoms with Crippen LogP contribution in [-0.2, 0) is 0 Å². The number of rotatable bonds is 4. The first-order chi connectivity index (χ1) is 10.1. The van der Waals surface area contributed by atoms with Crippen molar-refractivity contribution in [3.63, 3.8) is 0 Å². The van der Waals surface area contributed by atoms with Gasteiger partial charge in [0.25, 0.3) is 0 Å². The molecule has 114 valence electrons. The van der Waals surface area contributed by atoms with E-state index in [1.54, 1.807) is 0 Å². The van der Waals surface area contributed by atoms with Gasteiger partial charge in [-0.25, -0.2) is 9.18 Å². The Bertz CT molecular complexity index is 536. The lowest BCUT2D eigenvalue weighted by atomic mass is 10.0. The Morgan fingerprint density at radius 1 is 1.48 bits per heavy atom. The number of nitrogens with one attached hydrogen (secondary N) is 2. The maximum absolute atomic E-state index is 13.3. The van der Waals surface area contributed by atoms with Gasteiger partial charge in [-0.15, -0.1) is 0 Å². The molecule has 0 unspecified atom stereocenters. The Hall–Kier alpha value is -1.59. The highest BCUT2D eigenvalue weighted by Gasteiger charge is 2.15. The zero-order valence-electron chi connectivity index (χ0n) is 11.5. The van der Waals surface area contributed by atoms with Gasteiger partial charge in [-0.05, 0) is 37.0 Å². The van der Waals surface area contributed by atoms with Crippen LogP contribution in [0.1, 0.15) is 30.9 Å². The molecule has 0 radical (unpaired) electrons. The van der Waals surface area contributed by atoms with Gasteiger partial charge in [0.1, 0.15) is 5.82 Å². The van der Waals surface area contributed by atoms with E-state index < -0.39 is 11.9 Å². The van der Waals surface area contributed by atoms with Gasteiger partial charge in [0.05, 0.1) is 11.1 Å². The lowest BCUT2D eigenvalue weighted by Crippen LogP contribution is -2.43. The third kappa shape index (κ3) is 4.72. The molecule has 2 amide bonds. The summed E-state index contributed by atoms with van der Waals surface area (Å²) in [5.41, 5.74) is 0.373. The van der Waals surface area contributed by atoms with Crippen molar-refractivity contribution in [2.75, 3.05) is 6.54 Å². The number of aliphatic hydroxyl groups is 1. The zero-order chi connectivity index (χ0) is 15.2. The average molecular weight is 313 g/mol. The predicted octanol–water partition coefficient (Wildman–Crippen LogP) is 2.92. The van der Waals surface area contributed by atoms with Crippen molar-refractivity contribution in [1.82, 2.24) is 10.6 Å². The molecule has 0 spiro atoms. The van der Waals surface area contributed by atoms with Gasteiger partial charge in [-0.1, -0.05) is 29.8 Å². The minimum Gasteiger partial charge on any atom is -0.387 e. The first-order valence-corrected chi connectivity index (χ1v) is 7.26. The van der Waals surface area contributed by atoms with Crippen molar-refractivity contribution in [1.29, 1.82) is 0 Å². The average Bonchev–Trinajstić information content (AvgIpc) is 2.48. The molecule has 21 heavy (non-hydrogen) atoms. The van der Waals surface area contributed by atoms with E-state index >= 15 is 0 Å². The molecule has 6 heteroatoms. The summed E-state index contributed by atoms with van der Waals surface area (Å²) in [6.45, 7) is 0.00939. The summed E-state index contributed by atoms with van der Waals surface area (Å²) in [7, 11) is 0. The predicted molar refractivity (Wildman–Crippen MR) is 79.7 cm³/mol. The normalized spacial score (nSPS) is 19.1. The summed E-state index contributed by atoms with van der Waals surface area (Å²) >= 11 is 5.58. The molecule has 1 aromatic rings. The Morgan fingerprint density at radius 2 is 2.29 bits per heavy atom. The molecule has 0 saturated heterocycles. The fraction of sp³-hybridized carbons (Fsp3) is 0.400. The van der Waals surface area contributed by atoms with Gasteiger partial charge in [0.2, 0.25) is 0 Å². The number of aliphatic hydroxyl groups excluding tert-OH is 1. The number of hydrogen-bond acceptors (Lipinski definition) is 2. The number of hydrogen-bond donors (Lipinski definition) is 3. The van der Waals surface area contributed by atoms with Gasteiger partial charge in [0.15, 0.2) is 0 Å². The number of amides is 2. The molecular formula is C15H18ClFN2O2. The van der Waals surface area contributed by atoms with Gasteiger partial charge in [0, 0.05) is 12.6 Å². The molecule has 2 atom stereocenters. The molecule has 0 heterocycles. The van der Waals surface area contributed by atoms with E-state index in [-0.39, 0.29) is 23.6 Å². The summed E-state index contributed by atoms with van der Waals surface area (Å²) in [6.07, 6.45) is 5.84. The lowest BCUT2D eigenvalue weighted by molar-refractivity contribution is 0.172. The van der Waals surface area contributed by atoms with Crippen molar-refractivity contribution in [3.8, 4) is 0 Å². The lowest BCUT2D eigenvalue weighted by Gasteiger charge is -2.20. The van der Waals surface area contributed by atoms with Crippen molar-refractivity contribution in [3.05, 3.63) is 46.8 Å². The highest BCUT2D eigenvalue weighted by atomic mass is 35.5. The topological polar surface area (TPSA) is 61.4 Å². The fourth-order valence-electron chi connectivity index (χ4n) is 2.19. The summed E-state index contributed by atoms with van der Waals surface area (Å²) in [4.78, 5) is 11.7. The largest absolute Gasteiger partial charge is 0.387 e. The second-order valence-corrected chi connectivity index (χ2v) is 5.43. The molecule has 0 bridgehead atoms. The van der Waals surface area contributed by atoms with E-state index in [2.05, 4.69) is 16.7 Å². The van der Waals surface area contributed by atoms with Crippen LogP contribution in [0.15, 0.2) is 30.4 Å². The third-order valence-corrected chi connectivity index (χ3v) is 3.70. The third-order valence-electron chi connectivity index (χ3n) is 3.39. The molecule has 0 fully saturated rings. The van der Waals surface area contributed by atoms with Crippen LogP contribution in [0.5, 0.6) is 0 Å². The number of carbonyl (C=O) groups is 1. The SMILES string of the molecule is O=C(NC[C@@H](O)c1ccc(Cl)c(F)c1)N[C@H]1CC=CCC1. The molecule has 0 aromatic heterocycles. The molecule has 0 saturated carbocycles. The van der Waals surface area contributed by atoms with Crippen LogP contribution in [0.2, 0.25) is 5.02 Å². The Balaban J connectivity index is 1.79. The van der Waals surface area contributed by atoms with Crippen LogP contribution in [0.4, 0.5) is 9.18 Å². The van der Waals surface area contributed by atoms with E-state index in [0.29, 0.717) is 5.56 Å². The van der Waals surface area contributed by atoms with E-state index in [1.807, 2.05) is 6.08 Å². The number of benzene rings is 1. The van der Waals surface area contributed by atoms with Crippen molar-refractivity contribution in [2.45, 2.75) is 31.4 Å². The summed E-state index contributed by atoms with van der Waals surface area (Å²) in [6, 6.07) is 3.87. The minimum atomic E-state index is -0.978. The quantitative estimate of drug-likeness (QED) is 0.749. The van der Waals surface area contributed by atoms with Crippen LogP contribution in [0, 0.1) is 5.82 Å². The van der Waals surface area contributed by atoms with Crippen LogP contribution < -0.4 is 10.6 Å². The van der Waals surface area contributed by atoms with Gasteiger partial charge in [-0.2, -0.15) is 0 Å². The first-order valence-electron chi connectivity index (χ1n) is 6.88. The van der Waals surface area contributed by atoms with E-state index in [9.17, 15) is 14.3 Å². The summed E-state index contributed by atoms with van der Waals surface area (Å²) in [5, 5.41) is 15.4. The summed E-state index contributed by atoms with van der Waals surface area (Å²) < 4.78 is 13.3. The number of carbonyl (C=O) groups excluding carboxylic acids is 1. The molecular weight excluding hydrogens is 295 g/mol. The van der Waals surface area contributed by atoms with Gasteiger partial charge in [-0.3, -0.25) is 0 Å². The molecule has 4 nitrogen and oxygen atoms in total. The second kappa shape index (κ2) is 7.43. The fourth-order valence-corrected chi connectivity index (χ4v) is 2.31. The number of allylic oxidation sites excluding steroid dienone is 1. The van der Waals surface area contributed by atoms with E-state index in [1.165, 1.54) is 18.2 Å².